The molecule has 0 aromatic heterocycles. The maximum atomic E-state index is 14.1. The Balaban J connectivity index is 1.76. The molecular weight excluding hydrogens is 670 g/mol. The highest BCUT2D eigenvalue weighted by Gasteiger charge is 2.51. The van der Waals surface area contributed by atoms with Crippen molar-refractivity contribution in [3.05, 3.63) is 122 Å². The van der Waals surface area contributed by atoms with Gasteiger partial charge in [0.05, 0.1) is 5.56 Å². The molecule has 0 saturated carbocycles. The van der Waals surface area contributed by atoms with Gasteiger partial charge < -0.3 is 19.4 Å². The van der Waals surface area contributed by atoms with Crippen LogP contribution in [-0.4, -0.2) is 37.2 Å². The largest absolute Gasteiger partial charge is 0.440 e. The lowest BCUT2D eigenvalue weighted by Gasteiger charge is -2.41. The predicted octanol–water partition coefficient (Wildman–Crippen LogP) is 10.4. The first-order chi connectivity index (χ1) is 22.3. The molecule has 0 N–H and O–H groups in total. The number of halogens is 2. The van der Waals surface area contributed by atoms with Gasteiger partial charge in [0, 0.05) is 81.0 Å². The predicted molar refractivity (Wildman–Crippen MR) is 201 cm³/mol. The Morgan fingerprint density at radius 2 is 1.28 bits per heavy atom. The van der Waals surface area contributed by atoms with Gasteiger partial charge in [-0.2, -0.15) is 0 Å². The minimum absolute atomic E-state index is 0.201. The lowest BCUT2D eigenvalue weighted by Crippen LogP contribution is -2.41. The van der Waals surface area contributed by atoms with Gasteiger partial charge in [-0.05, 0) is 103 Å². The normalized spacial score (nSPS) is 15.9. The average Bonchev–Trinajstić information content (AvgIpc) is 3.30. The van der Waals surface area contributed by atoms with E-state index in [0.717, 1.165) is 43.8 Å². The van der Waals surface area contributed by atoms with Crippen molar-refractivity contribution >= 4 is 50.6 Å². The van der Waals surface area contributed by atoms with Crippen LogP contribution in [0.4, 0.5) is 17.1 Å². The Hall–Kier alpha value is -3.48. The molecule has 0 saturated heterocycles. The molecule has 5 rings (SSSR count). The lowest BCUT2D eigenvalue weighted by molar-refractivity contribution is 0.0250. The first kappa shape index (κ1) is 34.8. The van der Waals surface area contributed by atoms with Crippen LogP contribution >= 0.6 is 27.5 Å². The number of hydrogen-bond donors (Lipinski definition) is 0. The van der Waals surface area contributed by atoms with E-state index >= 15 is 0 Å². The number of hydrogen-bond acceptors (Lipinski definition) is 5. The first-order valence-corrected chi connectivity index (χ1v) is 17.7. The van der Waals surface area contributed by atoms with Crippen LogP contribution in [0.1, 0.15) is 88.0 Å². The molecule has 0 bridgehead atoms. The number of carbonyl (C=O) groups excluding carboxylic acids is 1. The fourth-order valence-electron chi connectivity index (χ4n) is 7.28. The van der Waals surface area contributed by atoms with Crippen LogP contribution in [0.15, 0.2) is 89.4 Å². The van der Waals surface area contributed by atoms with Crippen LogP contribution in [0.2, 0.25) is 5.02 Å². The molecule has 0 spiro atoms. The monoisotopic (exact) mass is 715 g/mol. The summed E-state index contributed by atoms with van der Waals surface area (Å²) in [5, 5.41) is 0.710. The Bertz CT molecular complexity index is 1720. The van der Waals surface area contributed by atoms with Crippen molar-refractivity contribution in [2.75, 3.05) is 21.7 Å². The number of anilines is 3. The van der Waals surface area contributed by atoms with Crippen LogP contribution in [0.5, 0.6) is 0 Å². The molecule has 4 aromatic rings. The zero-order valence-electron chi connectivity index (χ0n) is 29.0. The Labute approximate surface area is 294 Å². The Morgan fingerprint density at radius 3 is 1.87 bits per heavy atom. The van der Waals surface area contributed by atoms with E-state index in [1.807, 2.05) is 55.6 Å². The summed E-state index contributed by atoms with van der Waals surface area (Å²) < 4.78 is 7.62. The third-order valence-corrected chi connectivity index (χ3v) is 9.98. The maximum Gasteiger partial charge on any atom is 0.340 e. The molecule has 5 nitrogen and oxygen atoms in total. The number of rotatable bonds is 11. The van der Waals surface area contributed by atoms with Gasteiger partial charge in [-0.15, -0.1) is 0 Å². The second kappa shape index (κ2) is 13.9. The molecule has 0 fully saturated rings. The van der Waals surface area contributed by atoms with E-state index in [-0.39, 0.29) is 18.1 Å². The van der Waals surface area contributed by atoms with Crippen molar-refractivity contribution in [3.63, 3.8) is 0 Å². The summed E-state index contributed by atoms with van der Waals surface area (Å²) in [7, 11) is 2.03. The molecule has 47 heavy (non-hydrogen) atoms. The highest BCUT2D eigenvalue weighted by atomic mass is 79.9. The fraction of sp³-hybridized carbons (Fsp3) is 0.375. The molecule has 1 heterocycles. The molecule has 0 amide bonds. The Kier molecular flexibility index (Phi) is 10.3. The smallest absolute Gasteiger partial charge is 0.340 e. The number of esters is 1. The van der Waals surface area contributed by atoms with Gasteiger partial charge in [0.1, 0.15) is 0 Å². The van der Waals surface area contributed by atoms with E-state index in [1.165, 1.54) is 0 Å². The van der Waals surface area contributed by atoms with Crippen molar-refractivity contribution in [3.8, 4) is 0 Å². The van der Waals surface area contributed by atoms with E-state index < -0.39 is 5.60 Å². The van der Waals surface area contributed by atoms with Crippen molar-refractivity contribution in [2.45, 2.75) is 91.7 Å². The highest BCUT2D eigenvalue weighted by Crippen LogP contribution is 2.53. The van der Waals surface area contributed by atoms with Gasteiger partial charge in [0.15, 0.2) is 5.60 Å². The van der Waals surface area contributed by atoms with E-state index in [9.17, 15) is 4.79 Å². The summed E-state index contributed by atoms with van der Waals surface area (Å²) in [5.74, 6) is -0.334. The fourth-order valence-corrected chi connectivity index (χ4v) is 7.97. The molecule has 1 atom stereocenters. The van der Waals surface area contributed by atoms with Crippen molar-refractivity contribution in [2.24, 2.45) is 0 Å². The van der Waals surface area contributed by atoms with Crippen LogP contribution < -0.4 is 14.7 Å². The number of nitrogens with zero attached hydrogens (tertiary/aromatic N) is 3. The molecule has 0 radical (unpaired) electrons. The van der Waals surface area contributed by atoms with Gasteiger partial charge in [0.2, 0.25) is 0 Å². The number of carbonyl (C=O) groups is 1. The van der Waals surface area contributed by atoms with Gasteiger partial charge in [-0.1, -0.05) is 70.0 Å². The maximum absolute atomic E-state index is 14.1. The number of ether oxygens (including phenoxy) is 1. The molecule has 248 valence electrons. The summed E-state index contributed by atoms with van der Waals surface area (Å²) in [5.41, 5.74) is 6.34. The zero-order valence-corrected chi connectivity index (χ0v) is 31.4. The topological polar surface area (TPSA) is 36.0 Å². The van der Waals surface area contributed by atoms with Crippen LogP contribution in [-0.2, 0) is 16.9 Å². The standard InChI is InChI=1S/C40H47BrClN3O2/c1-25(2)44(26(3)4)32-19-21-36(38(23-32)45(27(5)6)28(7)8)40(35-12-10-11-13-37(35)41)34-20-18-31(22-33(34)39(46)47-40)43(9)24-29-14-16-30(42)17-15-29/h10-23,25-28H,24H2,1-9H3. The lowest BCUT2D eigenvalue weighted by atomic mass is 9.78. The summed E-state index contributed by atoms with van der Waals surface area (Å²) >= 11 is 9.98. The van der Waals surface area contributed by atoms with Gasteiger partial charge in [-0.3, -0.25) is 0 Å². The summed E-state index contributed by atoms with van der Waals surface area (Å²) in [6.07, 6.45) is 0. The van der Waals surface area contributed by atoms with Crippen LogP contribution in [0, 0.1) is 0 Å². The molecular formula is C40H47BrClN3O2. The second-order valence-corrected chi connectivity index (χ2v) is 14.9. The minimum Gasteiger partial charge on any atom is -0.440 e. The minimum atomic E-state index is -1.17. The summed E-state index contributed by atoms with van der Waals surface area (Å²) in [6.45, 7) is 18.5. The van der Waals surface area contributed by atoms with E-state index in [0.29, 0.717) is 29.2 Å². The van der Waals surface area contributed by atoms with Crippen molar-refractivity contribution < 1.29 is 9.53 Å². The molecule has 4 aromatic carbocycles. The number of cyclic esters (lactones) is 1. The average molecular weight is 717 g/mol. The zero-order chi connectivity index (χ0) is 34.2. The molecule has 1 aliphatic heterocycles. The second-order valence-electron chi connectivity index (χ2n) is 13.7. The highest BCUT2D eigenvalue weighted by molar-refractivity contribution is 9.10. The molecule has 1 aliphatic rings. The van der Waals surface area contributed by atoms with Gasteiger partial charge in [-0.25, -0.2) is 4.79 Å². The van der Waals surface area contributed by atoms with Gasteiger partial charge >= 0.3 is 5.97 Å². The van der Waals surface area contributed by atoms with Gasteiger partial charge in [0.25, 0.3) is 0 Å². The SMILES string of the molecule is CC(C)N(c1ccc(C2(c3ccccc3Br)OC(=O)c3cc(N(C)Cc4ccc(Cl)cc4)ccc32)c(N(C(C)C)C(C)C)c1)C(C)C. The first-order valence-electron chi connectivity index (χ1n) is 16.6. The quantitative estimate of drug-likeness (QED) is 0.144. The van der Waals surface area contributed by atoms with Crippen LogP contribution in [0.25, 0.3) is 0 Å². The summed E-state index contributed by atoms with van der Waals surface area (Å²) in [4.78, 5) is 21.1. The summed E-state index contributed by atoms with van der Waals surface area (Å²) in [6, 6.07) is 29.8. The van der Waals surface area contributed by atoms with E-state index in [2.05, 4.69) is 122 Å². The number of benzene rings is 4. The van der Waals surface area contributed by atoms with Crippen molar-refractivity contribution in [1.82, 2.24) is 0 Å². The van der Waals surface area contributed by atoms with Crippen molar-refractivity contribution in [1.29, 1.82) is 0 Å². The third-order valence-electron chi connectivity index (χ3n) is 9.04. The van der Waals surface area contributed by atoms with E-state index in [4.69, 9.17) is 16.3 Å². The van der Waals surface area contributed by atoms with E-state index in [1.54, 1.807) is 0 Å². The van der Waals surface area contributed by atoms with Crippen LogP contribution in [0.3, 0.4) is 0 Å². The number of fused-ring (bicyclic) bond motifs is 1. The molecule has 1 unspecified atom stereocenters. The Morgan fingerprint density at radius 1 is 0.702 bits per heavy atom. The molecule has 7 heteroatoms. The third kappa shape index (κ3) is 6.64. The molecule has 0 aliphatic carbocycles.